The van der Waals surface area contributed by atoms with Crippen LogP contribution in [0.25, 0.3) is 0 Å². The Balaban J connectivity index is 1.08. The van der Waals surface area contributed by atoms with E-state index >= 15 is 0 Å². The molecule has 1 aliphatic carbocycles. The van der Waals surface area contributed by atoms with Crippen LogP contribution in [-0.2, 0) is 11.8 Å². The van der Waals surface area contributed by atoms with Gasteiger partial charge in [-0.05, 0) is 112 Å². The van der Waals surface area contributed by atoms with Crippen molar-refractivity contribution in [2.24, 2.45) is 5.92 Å². The molecule has 3 nitrogen and oxygen atoms in total. The van der Waals surface area contributed by atoms with Crippen LogP contribution in [0.15, 0.2) is 84.9 Å². The van der Waals surface area contributed by atoms with E-state index in [1.807, 2.05) is 30.3 Å². The molecule has 0 bridgehead atoms. The molecule has 0 spiro atoms. The molecule has 1 amide bonds. The number of hydrogen-bond donors (Lipinski definition) is 0. The summed E-state index contributed by atoms with van der Waals surface area (Å²) in [5, 5.41) is 0. The molecule has 2 aliphatic heterocycles. The van der Waals surface area contributed by atoms with Gasteiger partial charge in [-0.1, -0.05) is 72.8 Å². The van der Waals surface area contributed by atoms with Crippen molar-refractivity contribution < 1.29 is 4.79 Å². The van der Waals surface area contributed by atoms with E-state index in [9.17, 15) is 4.79 Å². The van der Waals surface area contributed by atoms with Crippen molar-refractivity contribution in [2.75, 3.05) is 32.7 Å². The maximum Gasteiger partial charge on any atom is 0.253 e. The average Bonchev–Trinajstić information content (AvgIpc) is 3.42. The number of nitrogens with zero attached hydrogens (tertiary/aromatic N) is 2. The SMILES string of the molecule is O=C(c1ccccc1)N1CCCC(CCCN2CCC(C3CCc4ccccc43)CC2)(c2ccccc2)C1. The summed E-state index contributed by atoms with van der Waals surface area (Å²) < 4.78 is 0. The minimum atomic E-state index is 0.0514. The molecular formula is C35H42N2O. The number of fused-ring (bicyclic) bond motifs is 1. The number of piperidine rings is 2. The fourth-order valence-corrected chi connectivity index (χ4v) is 7.74. The molecule has 2 unspecified atom stereocenters. The minimum Gasteiger partial charge on any atom is -0.338 e. The summed E-state index contributed by atoms with van der Waals surface area (Å²) in [5.74, 6) is 1.81. The molecule has 2 fully saturated rings. The molecule has 0 saturated carbocycles. The summed E-state index contributed by atoms with van der Waals surface area (Å²) in [7, 11) is 0. The molecule has 0 radical (unpaired) electrons. The standard InChI is InChI=1S/C35H42N2O/c38-34(30-12-3-1-4-13-30)37-24-10-22-35(27-37,31-14-5-2-6-15-31)21-9-23-36-25-19-29(20-26-36)33-18-17-28-11-7-8-16-32(28)33/h1-8,11-16,29,33H,9-10,17-27H2. The third-order valence-electron chi connectivity index (χ3n) is 9.78. The average molecular weight is 507 g/mol. The van der Waals surface area contributed by atoms with E-state index in [1.165, 1.54) is 63.7 Å². The topological polar surface area (TPSA) is 23.6 Å². The number of benzene rings is 3. The van der Waals surface area contributed by atoms with Gasteiger partial charge >= 0.3 is 0 Å². The monoisotopic (exact) mass is 506 g/mol. The third-order valence-corrected chi connectivity index (χ3v) is 9.78. The fraction of sp³-hybridized carbons (Fsp3) is 0.457. The van der Waals surface area contributed by atoms with Gasteiger partial charge in [0.05, 0.1) is 0 Å². The zero-order valence-corrected chi connectivity index (χ0v) is 22.7. The second-order valence-electron chi connectivity index (χ2n) is 12.0. The van der Waals surface area contributed by atoms with Crippen LogP contribution < -0.4 is 0 Å². The molecule has 2 saturated heterocycles. The highest BCUT2D eigenvalue weighted by molar-refractivity contribution is 5.94. The highest BCUT2D eigenvalue weighted by Gasteiger charge is 2.39. The van der Waals surface area contributed by atoms with E-state index in [2.05, 4.69) is 64.4 Å². The highest BCUT2D eigenvalue weighted by atomic mass is 16.2. The van der Waals surface area contributed by atoms with Gasteiger partial charge in [-0.15, -0.1) is 0 Å². The lowest BCUT2D eigenvalue weighted by Crippen LogP contribution is -2.49. The maximum atomic E-state index is 13.4. The second kappa shape index (κ2) is 11.5. The zero-order chi connectivity index (χ0) is 25.8. The van der Waals surface area contributed by atoms with Crippen molar-refractivity contribution in [1.29, 1.82) is 0 Å². The maximum absolute atomic E-state index is 13.4. The number of hydrogen-bond acceptors (Lipinski definition) is 2. The van der Waals surface area contributed by atoms with Gasteiger partial charge in [0, 0.05) is 24.1 Å². The number of aryl methyl sites for hydroxylation is 1. The first-order chi connectivity index (χ1) is 18.7. The molecule has 38 heavy (non-hydrogen) atoms. The van der Waals surface area contributed by atoms with E-state index in [-0.39, 0.29) is 11.3 Å². The van der Waals surface area contributed by atoms with Crippen molar-refractivity contribution in [2.45, 2.75) is 62.7 Å². The van der Waals surface area contributed by atoms with Gasteiger partial charge in [-0.2, -0.15) is 0 Å². The first-order valence-corrected chi connectivity index (χ1v) is 14.9. The van der Waals surface area contributed by atoms with E-state index in [0.717, 1.165) is 43.3 Å². The van der Waals surface area contributed by atoms with E-state index in [4.69, 9.17) is 0 Å². The smallest absolute Gasteiger partial charge is 0.253 e. The Labute approximate surface area is 228 Å². The van der Waals surface area contributed by atoms with E-state index in [1.54, 1.807) is 11.1 Å². The number of likely N-dealkylation sites (tertiary alicyclic amines) is 2. The molecule has 0 N–H and O–H groups in total. The largest absolute Gasteiger partial charge is 0.338 e. The van der Waals surface area contributed by atoms with Crippen LogP contribution in [-0.4, -0.2) is 48.4 Å². The molecule has 6 rings (SSSR count). The summed E-state index contributed by atoms with van der Waals surface area (Å²) >= 11 is 0. The van der Waals surface area contributed by atoms with Crippen LogP contribution in [0.5, 0.6) is 0 Å². The van der Waals surface area contributed by atoms with Gasteiger partial charge in [0.2, 0.25) is 0 Å². The second-order valence-corrected chi connectivity index (χ2v) is 12.0. The molecular weight excluding hydrogens is 464 g/mol. The molecule has 198 valence electrons. The van der Waals surface area contributed by atoms with Crippen LogP contribution in [0.1, 0.15) is 77.9 Å². The Hall–Kier alpha value is -2.91. The van der Waals surface area contributed by atoms with Gasteiger partial charge in [0.1, 0.15) is 0 Å². The Kier molecular flexibility index (Phi) is 7.65. The van der Waals surface area contributed by atoms with Crippen LogP contribution in [0.2, 0.25) is 0 Å². The zero-order valence-electron chi connectivity index (χ0n) is 22.7. The minimum absolute atomic E-state index is 0.0514. The summed E-state index contributed by atoms with van der Waals surface area (Å²) in [5.41, 5.74) is 5.50. The number of carbonyl (C=O) groups excluding carboxylic acids is 1. The van der Waals surface area contributed by atoms with Crippen molar-refractivity contribution in [3.63, 3.8) is 0 Å². The van der Waals surface area contributed by atoms with Crippen molar-refractivity contribution in [3.05, 3.63) is 107 Å². The molecule has 3 aromatic rings. The summed E-state index contributed by atoms with van der Waals surface area (Å²) in [6.45, 7) is 5.34. The lowest BCUT2D eigenvalue weighted by Gasteiger charge is -2.44. The number of carbonyl (C=O) groups is 1. The normalized spacial score (nSPS) is 24.3. The first kappa shape index (κ1) is 25.4. The summed E-state index contributed by atoms with van der Waals surface area (Å²) in [6.07, 6.45) is 9.86. The van der Waals surface area contributed by atoms with Crippen LogP contribution in [0.3, 0.4) is 0 Å². The molecule has 2 atom stereocenters. The van der Waals surface area contributed by atoms with Crippen LogP contribution >= 0.6 is 0 Å². The summed E-state index contributed by atoms with van der Waals surface area (Å²) in [6, 6.07) is 30.0. The molecule has 3 aliphatic rings. The number of amides is 1. The highest BCUT2D eigenvalue weighted by Crippen LogP contribution is 2.43. The van der Waals surface area contributed by atoms with E-state index in [0.29, 0.717) is 0 Å². The van der Waals surface area contributed by atoms with Gasteiger partial charge in [0.15, 0.2) is 0 Å². The number of rotatable bonds is 7. The Morgan fingerprint density at radius 3 is 2.32 bits per heavy atom. The molecule has 3 heteroatoms. The fourth-order valence-electron chi connectivity index (χ4n) is 7.74. The summed E-state index contributed by atoms with van der Waals surface area (Å²) in [4.78, 5) is 18.2. The Morgan fingerprint density at radius 1 is 0.816 bits per heavy atom. The van der Waals surface area contributed by atoms with Crippen molar-refractivity contribution >= 4 is 5.91 Å². The molecule has 2 heterocycles. The van der Waals surface area contributed by atoms with Gasteiger partial charge in [0.25, 0.3) is 5.91 Å². The first-order valence-electron chi connectivity index (χ1n) is 14.9. The van der Waals surface area contributed by atoms with Crippen molar-refractivity contribution in [1.82, 2.24) is 9.80 Å². The third kappa shape index (κ3) is 5.31. The Bertz CT molecular complexity index is 1200. The molecule has 0 aromatic heterocycles. The van der Waals surface area contributed by atoms with Crippen LogP contribution in [0.4, 0.5) is 0 Å². The lowest BCUT2D eigenvalue weighted by atomic mass is 9.71. The van der Waals surface area contributed by atoms with Crippen molar-refractivity contribution in [3.8, 4) is 0 Å². The molecule has 3 aromatic carbocycles. The van der Waals surface area contributed by atoms with Gasteiger partial charge in [-0.25, -0.2) is 0 Å². The quantitative estimate of drug-likeness (QED) is 0.342. The Morgan fingerprint density at radius 2 is 1.53 bits per heavy atom. The predicted molar refractivity (Wildman–Crippen MR) is 156 cm³/mol. The lowest BCUT2D eigenvalue weighted by molar-refractivity contribution is 0.0618. The van der Waals surface area contributed by atoms with Gasteiger partial charge in [-0.3, -0.25) is 4.79 Å². The van der Waals surface area contributed by atoms with E-state index < -0.39 is 0 Å². The predicted octanol–water partition coefficient (Wildman–Crippen LogP) is 7.08. The van der Waals surface area contributed by atoms with Crippen LogP contribution in [0, 0.1) is 5.92 Å². The van der Waals surface area contributed by atoms with Gasteiger partial charge < -0.3 is 9.80 Å².